The number of ether oxygens (including phenoxy) is 1. The van der Waals surface area contributed by atoms with Gasteiger partial charge >= 0.3 is 5.97 Å². The van der Waals surface area contributed by atoms with Gasteiger partial charge in [-0.1, -0.05) is 0 Å². The SMILES string of the molecule is CCOC(=O)C1=C[C@H](O)CC1=O. The van der Waals surface area contributed by atoms with Crippen LogP contribution in [0, 0.1) is 0 Å². The summed E-state index contributed by atoms with van der Waals surface area (Å²) in [5, 5.41) is 8.98. The lowest BCUT2D eigenvalue weighted by Gasteiger charge is -1.98. The molecule has 0 radical (unpaired) electrons. The first-order valence-electron chi connectivity index (χ1n) is 3.75. The minimum absolute atomic E-state index is 0.00581. The molecule has 0 saturated carbocycles. The second kappa shape index (κ2) is 3.49. The molecular weight excluding hydrogens is 160 g/mol. The van der Waals surface area contributed by atoms with Crippen LogP contribution in [0.4, 0.5) is 0 Å². The van der Waals surface area contributed by atoms with Crippen molar-refractivity contribution in [1.82, 2.24) is 0 Å². The topological polar surface area (TPSA) is 63.6 Å². The molecule has 0 bridgehead atoms. The number of hydrogen-bond acceptors (Lipinski definition) is 4. The van der Waals surface area contributed by atoms with Gasteiger partial charge in [0.25, 0.3) is 0 Å². The maximum Gasteiger partial charge on any atom is 0.341 e. The summed E-state index contributed by atoms with van der Waals surface area (Å²) in [5.74, 6) is -0.986. The monoisotopic (exact) mass is 170 g/mol. The van der Waals surface area contributed by atoms with E-state index in [9.17, 15) is 9.59 Å². The number of carbonyl (C=O) groups is 2. The molecule has 1 rings (SSSR count). The summed E-state index contributed by atoms with van der Waals surface area (Å²) in [4.78, 5) is 22.0. The highest BCUT2D eigenvalue weighted by Gasteiger charge is 2.28. The fourth-order valence-corrected chi connectivity index (χ4v) is 1.03. The van der Waals surface area contributed by atoms with Gasteiger partial charge in [-0.3, -0.25) is 4.79 Å². The second-order valence-electron chi connectivity index (χ2n) is 2.50. The Balaban J connectivity index is 2.68. The van der Waals surface area contributed by atoms with E-state index < -0.39 is 12.1 Å². The first-order valence-corrected chi connectivity index (χ1v) is 3.75. The molecule has 0 aliphatic heterocycles. The molecular formula is C8H10O4. The van der Waals surface area contributed by atoms with Crippen molar-refractivity contribution in [3.63, 3.8) is 0 Å². The quantitative estimate of drug-likeness (QED) is 0.461. The molecule has 0 amide bonds. The van der Waals surface area contributed by atoms with Crippen molar-refractivity contribution in [2.24, 2.45) is 0 Å². The number of carbonyl (C=O) groups excluding carboxylic acids is 2. The fraction of sp³-hybridized carbons (Fsp3) is 0.500. The Hall–Kier alpha value is -1.16. The molecule has 0 aromatic carbocycles. The van der Waals surface area contributed by atoms with Gasteiger partial charge in [-0.05, 0) is 13.0 Å². The number of aliphatic hydroxyl groups is 1. The molecule has 66 valence electrons. The molecule has 4 nitrogen and oxygen atoms in total. The Bertz CT molecular complexity index is 241. The molecule has 0 unspecified atom stereocenters. The van der Waals surface area contributed by atoms with Gasteiger partial charge in [0.1, 0.15) is 5.57 Å². The standard InChI is InChI=1S/C8H10O4/c1-2-12-8(11)6-3-5(9)4-7(6)10/h3,5,9H,2,4H2,1H3/t5-/m0/s1. The van der Waals surface area contributed by atoms with E-state index >= 15 is 0 Å². The minimum atomic E-state index is -0.822. The zero-order chi connectivity index (χ0) is 9.14. The average molecular weight is 170 g/mol. The first-order chi connectivity index (χ1) is 5.65. The van der Waals surface area contributed by atoms with Crippen LogP contribution in [0.3, 0.4) is 0 Å². The van der Waals surface area contributed by atoms with Crippen LogP contribution in [0.15, 0.2) is 11.6 Å². The van der Waals surface area contributed by atoms with E-state index in [1.807, 2.05) is 0 Å². The first kappa shape index (κ1) is 8.93. The van der Waals surface area contributed by atoms with Gasteiger partial charge in [0.2, 0.25) is 0 Å². The molecule has 1 atom stereocenters. The normalized spacial score (nSPS) is 22.3. The summed E-state index contributed by atoms with van der Waals surface area (Å²) >= 11 is 0. The van der Waals surface area contributed by atoms with E-state index in [2.05, 4.69) is 4.74 Å². The van der Waals surface area contributed by atoms with Crippen LogP contribution in [0.25, 0.3) is 0 Å². The van der Waals surface area contributed by atoms with Crippen molar-refractivity contribution in [2.75, 3.05) is 6.61 Å². The van der Waals surface area contributed by atoms with Gasteiger partial charge in [-0.2, -0.15) is 0 Å². The Morgan fingerprint density at radius 3 is 2.92 bits per heavy atom. The zero-order valence-corrected chi connectivity index (χ0v) is 6.74. The van der Waals surface area contributed by atoms with Crippen LogP contribution in [0.5, 0.6) is 0 Å². The smallest absolute Gasteiger partial charge is 0.341 e. The summed E-state index contributed by atoms with van der Waals surface area (Å²) in [6.07, 6.45) is 0.408. The summed E-state index contributed by atoms with van der Waals surface area (Å²) in [6.45, 7) is 1.90. The third kappa shape index (κ3) is 1.71. The van der Waals surface area contributed by atoms with Crippen LogP contribution in [0.1, 0.15) is 13.3 Å². The predicted molar refractivity (Wildman–Crippen MR) is 40.3 cm³/mol. The number of hydrogen-bond donors (Lipinski definition) is 1. The molecule has 1 aliphatic rings. The summed E-state index contributed by atoms with van der Waals surface area (Å²) in [5.41, 5.74) is -0.0237. The Kier molecular flexibility index (Phi) is 2.60. The van der Waals surface area contributed by atoms with Crippen molar-refractivity contribution < 1.29 is 19.4 Å². The highest BCUT2D eigenvalue weighted by atomic mass is 16.5. The molecule has 0 heterocycles. The van der Waals surface area contributed by atoms with Crippen LogP contribution >= 0.6 is 0 Å². The Morgan fingerprint density at radius 2 is 2.50 bits per heavy atom. The summed E-state index contributed by atoms with van der Waals surface area (Å²) in [7, 11) is 0. The Morgan fingerprint density at radius 1 is 1.83 bits per heavy atom. The van der Waals surface area contributed by atoms with Crippen LogP contribution in [-0.4, -0.2) is 29.6 Å². The largest absolute Gasteiger partial charge is 0.462 e. The van der Waals surface area contributed by atoms with Gasteiger partial charge in [0.15, 0.2) is 5.78 Å². The lowest BCUT2D eigenvalue weighted by atomic mass is 10.2. The predicted octanol–water partition coefficient (Wildman–Crippen LogP) is -0.190. The number of ketones is 1. The lowest BCUT2D eigenvalue weighted by Crippen LogP contribution is -2.12. The number of aliphatic hydroxyl groups excluding tert-OH is 1. The maximum atomic E-state index is 11.0. The molecule has 0 fully saturated rings. The highest BCUT2D eigenvalue weighted by molar-refractivity contribution is 6.19. The molecule has 0 spiro atoms. The minimum Gasteiger partial charge on any atom is -0.462 e. The van der Waals surface area contributed by atoms with Crippen molar-refractivity contribution in [1.29, 1.82) is 0 Å². The fourth-order valence-electron chi connectivity index (χ4n) is 1.03. The van der Waals surface area contributed by atoms with E-state index in [1.54, 1.807) is 6.92 Å². The van der Waals surface area contributed by atoms with Crippen LogP contribution < -0.4 is 0 Å². The third-order valence-corrected chi connectivity index (χ3v) is 1.55. The van der Waals surface area contributed by atoms with Crippen molar-refractivity contribution in [2.45, 2.75) is 19.4 Å². The van der Waals surface area contributed by atoms with Crippen LogP contribution in [0.2, 0.25) is 0 Å². The van der Waals surface area contributed by atoms with Gasteiger partial charge < -0.3 is 9.84 Å². The van der Waals surface area contributed by atoms with E-state index in [0.29, 0.717) is 0 Å². The van der Waals surface area contributed by atoms with Crippen molar-refractivity contribution in [3.8, 4) is 0 Å². The van der Waals surface area contributed by atoms with Gasteiger partial charge in [0, 0.05) is 6.42 Å². The van der Waals surface area contributed by atoms with Crippen LogP contribution in [-0.2, 0) is 14.3 Å². The zero-order valence-electron chi connectivity index (χ0n) is 6.74. The van der Waals surface area contributed by atoms with E-state index in [1.165, 1.54) is 6.08 Å². The lowest BCUT2D eigenvalue weighted by molar-refractivity contribution is -0.139. The molecule has 4 heteroatoms. The molecule has 0 saturated heterocycles. The number of esters is 1. The third-order valence-electron chi connectivity index (χ3n) is 1.55. The summed E-state index contributed by atoms with van der Waals surface area (Å²) < 4.78 is 4.61. The molecule has 1 N–H and O–H groups in total. The van der Waals surface area contributed by atoms with E-state index in [0.717, 1.165) is 0 Å². The molecule has 0 aromatic heterocycles. The number of Topliss-reactive ketones (excluding diaryl/α,β-unsaturated/α-hetero) is 1. The number of rotatable bonds is 2. The average Bonchev–Trinajstić information content (AvgIpc) is 2.30. The van der Waals surface area contributed by atoms with Crippen molar-refractivity contribution in [3.05, 3.63) is 11.6 Å². The highest BCUT2D eigenvalue weighted by Crippen LogP contribution is 2.15. The van der Waals surface area contributed by atoms with Gasteiger partial charge in [0.05, 0.1) is 12.7 Å². The molecule has 12 heavy (non-hydrogen) atoms. The maximum absolute atomic E-state index is 11.0. The van der Waals surface area contributed by atoms with E-state index in [-0.39, 0.29) is 24.4 Å². The Labute approximate surface area is 69.8 Å². The molecule has 1 aliphatic carbocycles. The summed E-state index contributed by atoms with van der Waals surface area (Å²) in [6, 6.07) is 0. The van der Waals surface area contributed by atoms with Crippen molar-refractivity contribution >= 4 is 11.8 Å². The van der Waals surface area contributed by atoms with Gasteiger partial charge in [-0.25, -0.2) is 4.79 Å². The van der Waals surface area contributed by atoms with E-state index in [4.69, 9.17) is 5.11 Å². The van der Waals surface area contributed by atoms with Gasteiger partial charge in [-0.15, -0.1) is 0 Å². The molecule has 0 aromatic rings. The second-order valence-corrected chi connectivity index (χ2v) is 2.50.